The van der Waals surface area contributed by atoms with Crippen molar-refractivity contribution in [1.29, 1.82) is 0 Å². The first-order valence-corrected chi connectivity index (χ1v) is 17.6. The number of aliphatic hydroxyl groups is 2. The number of H-pyrrole nitrogens is 1. The zero-order valence-corrected chi connectivity index (χ0v) is 31.4. The molecule has 0 bridgehead atoms. The Morgan fingerprint density at radius 2 is 1.45 bits per heavy atom. The van der Waals surface area contributed by atoms with Crippen LogP contribution in [0.4, 0.5) is 0 Å². The van der Waals surface area contributed by atoms with Gasteiger partial charge < -0.3 is 75.1 Å². The fourth-order valence-corrected chi connectivity index (χ4v) is 4.92. The van der Waals surface area contributed by atoms with Gasteiger partial charge in [0.25, 0.3) is 0 Å². The summed E-state index contributed by atoms with van der Waals surface area (Å²) in [5, 5.41) is 43.7. The molecule has 0 saturated heterocycles. The lowest BCUT2D eigenvalue weighted by Crippen LogP contribution is -2.60. The van der Waals surface area contributed by atoms with Gasteiger partial charge in [0.15, 0.2) is 5.96 Å². The normalized spacial score (nSPS) is 14.7. The van der Waals surface area contributed by atoms with Gasteiger partial charge in [-0.3, -0.25) is 38.6 Å². The number of nitrogens with zero attached hydrogens (tertiary/aromatic N) is 2. The SMILES string of the molecule is CC(C)C[C@H](NC(=O)[C@H](Cc1cnc[nH]1)NC(=O)CNC(=O)[C@H](CO)NC(=O)[C@@H](N)CCC(N)=O)C(=O)N[C@H](C(=O)N[C@@H](CCCN=C(N)N)C(=O)O)[C@@H](C)O. The van der Waals surface area contributed by atoms with Gasteiger partial charge in [-0.2, -0.15) is 0 Å². The van der Waals surface area contributed by atoms with E-state index < -0.39 is 103 Å². The van der Waals surface area contributed by atoms with E-state index in [2.05, 4.69) is 46.9 Å². The third-order valence-electron chi connectivity index (χ3n) is 7.87. The number of carboxylic acids is 1. The molecule has 7 atom stereocenters. The first-order valence-electron chi connectivity index (χ1n) is 17.6. The second kappa shape index (κ2) is 24.5. The van der Waals surface area contributed by atoms with Gasteiger partial charge in [-0.15, -0.1) is 0 Å². The number of rotatable bonds is 26. The largest absolute Gasteiger partial charge is 0.480 e. The Morgan fingerprint density at radius 3 is 1.98 bits per heavy atom. The zero-order valence-electron chi connectivity index (χ0n) is 31.4. The number of hydrogen-bond donors (Lipinski definition) is 14. The molecule has 56 heavy (non-hydrogen) atoms. The number of guanidine groups is 1. The van der Waals surface area contributed by atoms with Gasteiger partial charge in [-0.25, -0.2) is 9.78 Å². The molecule has 0 aliphatic carbocycles. The van der Waals surface area contributed by atoms with Crippen LogP contribution in [0, 0.1) is 5.92 Å². The number of carbonyl (C=O) groups is 8. The van der Waals surface area contributed by atoms with Gasteiger partial charge >= 0.3 is 5.97 Å². The summed E-state index contributed by atoms with van der Waals surface area (Å²) in [6, 6.07) is -8.48. The van der Waals surface area contributed by atoms with Gasteiger partial charge in [0, 0.05) is 31.3 Å². The fourth-order valence-electron chi connectivity index (χ4n) is 4.92. The molecule has 1 heterocycles. The number of amides is 7. The van der Waals surface area contributed by atoms with Crippen LogP contribution in [0.25, 0.3) is 0 Å². The lowest BCUT2D eigenvalue weighted by Gasteiger charge is -2.28. The number of aliphatic imine (C=N–C) groups is 1. The van der Waals surface area contributed by atoms with Crippen LogP contribution in [0.15, 0.2) is 17.5 Å². The van der Waals surface area contributed by atoms with E-state index in [0.29, 0.717) is 5.69 Å². The number of imidazole rings is 1. The van der Waals surface area contributed by atoms with Crippen molar-refractivity contribution >= 4 is 53.3 Å². The molecule has 1 aromatic heterocycles. The fraction of sp³-hybridized carbons (Fsp3) is 0.625. The number of primary amides is 1. The van der Waals surface area contributed by atoms with Crippen molar-refractivity contribution in [2.24, 2.45) is 33.8 Å². The number of aliphatic carboxylic acids is 1. The maximum atomic E-state index is 13.6. The second-order valence-electron chi connectivity index (χ2n) is 13.2. The first-order chi connectivity index (χ1) is 26.2. The molecule has 18 N–H and O–H groups in total. The Morgan fingerprint density at radius 1 is 0.821 bits per heavy atom. The van der Waals surface area contributed by atoms with Crippen LogP contribution in [0.1, 0.15) is 58.6 Å². The molecule has 0 unspecified atom stereocenters. The number of hydrogen-bond acceptors (Lipinski definition) is 13. The smallest absolute Gasteiger partial charge is 0.326 e. The standard InChI is InChI=1S/C32H55N13O11/c1-15(2)9-20(29(53)45-25(16(3)47)30(54)42-19(31(55)56)5-4-8-38-32(35)36)43-28(52)21(10-17-11-37-14-40-17)41-24(49)12-39-27(51)22(13-46)44-26(50)18(33)6-7-23(34)48/h11,14-16,18-22,25,46-47H,4-10,12-13,33H2,1-3H3,(H2,34,48)(H,37,40)(H,39,51)(H,41,49)(H,42,54)(H,43,52)(H,44,50)(H,45,53)(H,55,56)(H4,35,36,38)/t16-,18+,19+,20+,21+,22+,25+/m1/s1. The summed E-state index contributed by atoms with van der Waals surface area (Å²) >= 11 is 0. The van der Waals surface area contributed by atoms with Crippen molar-refractivity contribution < 1.29 is 53.7 Å². The predicted molar refractivity (Wildman–Crippen MR) is 197 cm³/mol. The number of nitrogens with one attached hydrogen (secondary N) is 7. The van der Waals surface area contributed by atoms with E-state index in [1.165, 1.54) is 19.4 Å². The lowest BCUT2D eigenvalue weighted by molar-refractivity contribution is -0.143. The summed E-state index contributed by atoms with van der Waals surface area (Å²) in [6.07, 6.45) is 0.847. The van der Waals surface area contributed by atoms with Crippen LogP contribution in [0.5, 0.6) is 0 Å². The molecule has 24 nitrogen and oxygen atoms in total. The van der Waals surface area contributed by atoms with E-state index in [1.807, 2.05) is 0 Å². The van der Waals surface area contributed by atoms with Crippen molar-refractivity contribution in [3.8, 4) is 0 Å². The third kappa shape index (κ3) is 18.4. The average Bonchev–Trinajstić information content (AvgIpc) is 3.63. The van der Waals surface area contributed by atoms with Crippen LogP contribution in [0.2, 0.25) is 0 Å². The Kier molecular flexibility index (Phi) is 21.1. The first kappa shape index (κ1) is 48.1. The van der Waals surface area contributed by atoms with Crippen LogP contribution in [-0.4, -0.2) is 141 Å². The maximum absolute atomic E-state index is 13.6. The molecule has 1 aromatic rings. The molecule has 0 aliphatic heterocycles. The summed E-state index contributed by atoms with van der Waals surface area (Å²) in [4.78, 5) is 111. The van der Waals surface area contributed by atoms with Crippen LogP contribution in [-0.2, 0) is 44.8 Å². The number of aliphatic hydroxyl groups excluding tert-OH is 2. The summed E-state index contributed by atoms with van der Waals surface area (Å²) < 4.78 is 0. The summed E-state index contributed by atoms with van der Waals surface area (Å²) in [7, 11) is 0. The summed E-state index contributed by atoms with van der Waals surface area (Å²) in [5.41, 5.74) is 21.7. The van der Waals surface area contributed by atoms with Crippen molar-refractivity contribution in [3.05, 3.63) is 18.2 Å². The van der Waals surface area contributed by atoms with E-state index >= 15 is 0 Å². The highest BCUT2D eigenvalue weighted by molar-refractivity contribution is 5.96. The van der Waals surface area contributed by atoms with Crippen LogP contribution >= 0.6 is 0 Å². The highest BCUT2D eigenvalue weighted by Gasteiger charge is 2.34. The highest BCUT2D eigenvalue weighted by Crippen LogP contribution is 2.09. The Hall–Kier alpha value is -5.88. The Bertz CT molecular complexity index is 1520. The number of aromatic nitrogens is 2. The number of carbonyl (C=O) groups excluding carboxylic acids is 7. The van der Waals surface area contributed by atoms with Crippen LogP contribution in [0.3, 0.4) is 0 Å². The van der Waals surface area contributed by atoms with E-state index in [4.69, 9.17) is 22.9 Å². The molecule has 0 saturated carbocycles. The molecule has 0 spiro atoms. The van der Waals surface area contributed by atoms with Crippen LogP contribution < -0.4 is 54.8 Å². The summed E-state index contributed by atoms with van der Waals surface area (Å²) in [5.74, 6) is -7.99. The van der Waals surface area contributed by atoms with E-state index in [0.717, 1.165) is 0 Å². The second-order valence-corrected chi connectivity index (χ2v) is 13.2. The highest BCUT2D eigenvalue weighted by atomic mass is 16.4. The third-order valence-corrected chi connectivity index (χ3v) is 7.87. The zero-order chi connectivity index (χ0) is 42.5. The molecule has 0 fully saturated rings. The van der Waals surface area contributed by atoms with Gasteiger partial charge in [0.05, 0.1) is 31.6 Å². The molecular formula is C32H55N13O11. The molecule has 1 rings (SSSR count). The van der Waals surface area contributed by atoms with Gasteiger partial charge in [0.2, 0.25) is 41.4 Å². The molecule has 24 heteroatoms. The van der Waals surface area contributed by atoms with Crippen molar-refractivity contribution in [1.82, 2.24) is 41.9 Å². The maximum Gasteiger partial charge on any atom is 0.326 e. The van der Waals surface area contributed by atoms with Gasteiger partial charge in [0.1, 0.15) is 30.2 Å². The molecular weight excluding hydrogens is 742 g/mol. The predicted octanol–water partition coefficient (Wildman–Crippen LogP) is -6.36. The van der Waals surface area contributed by atoms with Gasteiger partial charge in [-0.1, -0.05) is 13.8 Å². The molecule has 0 aromatic carbocycles. The van der Waals surface area contributed by atoms with Gasteiger partial charge in [-0.05, 0) is 38.5 Å². The van der Waals surface area contributed by atoms with Crippen molar-refractivity contribution in [2.75, 3.05) is 19.7 Å². The van der Waals surface area contributed by atoms with Crippen molar-refractivity contribution in [2.45, 2.75) is 102 Å². The Balaban J connectivity index is 3.07. The molecule has 7 amide bonds. The summed E-state index contributed by atoms with van der Waals surface area (Å²) in [6.45, 7) is 3.18. The minimum Gasteiger partial charge on any atom is -0.480 e. The number of nitrogens with two attached hydrogens (primary N) is 4. The quantitative estimate of drug-likeness (QED) is 0.0235. The monoisotopic (exact) mass is 797 g/mol. The van der Waals surface area contributed by atoms with E-state index in [9.17, 15) is 53.7 Å². The van der Waals surface area contributed by atoms with Crippen molar-refractivity contribution in [3.63, 3.8) is 0 Å². The number of carboxylic acid groups (broad SMARTS) is 1. The molecule has 0 radical (unpaired) electrons. The minimum atomic E-state index is -1.64. The topological polar surface area (TPSA) is 415 Å². The minimum absolute atomic E-state index is 0.0233. The Labute approximate surface area is 322 Å². The van der Waals surface area contributed by atoms with E-state index in [1.54, 1.807) is 13.8 Å². The molecule has 0 aliphatic rings. The molecule has 314 valence electrons. The number of aromatic amines is 1. The van der Waals surface area contributed by atoms with E-state index in [-0.39, 0.29) is 56.9 Å². The average molecular weight is 798 g/mol. The lowest BCUT2D eigenvalue weighted by atomic mass is 10.0.